The van der Waals surface area contributed by atoms with Crippen molar-refractivity contribution in [1.82, 2.24) is 60.2 Å². The normalized spacial score (nSPS) is 12.4. The lowest BCUT2D eigenvalue weighted by Crippen LogP contribution is -2.29. The lowest BCUT2D eigenvalue weighted by atomic mass is 10.0. The van der Waals surface area contributed by atoms with Gasteiger partial charge in [0.25, 0.3) is 23.6 Å². The number of benzene rings is 3. The minimum Gasteiger partial charge on any atom is -0.364 e. The summed E-state index contributed by atoms with van der Waals surface area (Å²) in [5.74, 6) is -2.05. The molecule has 3 atom stereocenters. The van der Waals surface area contributed by atoms with Crippen LogP contribution in [0, 0.1) is 26.6 Å². The molecule has 87 heavy (non-hydrogen) atoms. The van der Waals surface area contributed by atoms with Crippen LogP contribution in [0.4, 0.5) is 4.39 Å². The largest absolute Gasteiger partial charge is 0.364 e. The SMILES string of the molecule is CCCC(NC(=O)c1cnn(-c2ccc(Cl)c(F)c2)c1C)c1ccc(S(C)(=O)=O)nc1.CC[C@H](NC(=O)c1cnn(-c2ccc(Cl)cc2)c1C)c1ccnc(C(N)=O)c1.CC[C@H](NC(=O)c1cnn(-c2ccc(Cl)cc2)c1C)c1cnc(S(C)(=O)=O)s1. The van der Waals surface area contributed by atoms with Crippen molar-refractivity contribution >= 4 is 89.4 Å². The highest BCUT2D eigenvalue weighted by molar-refractivity contribution is 7.92. The van der Waals surface area contributed by atoms with E-state index in [0.717, 1.165) is 47.2 Å². The quantitative estimate of drug-likeness (QED) is 0.0586. The Morgan fingerprint density at radius 2 is 1.06 bits per heavy atom. The number of halogens is 4. The van der Waals surface area contributed by atoms with Crippen molar-refractivity contribution in [3.8, 4) is 17.1 Å². The van der Waals surface area contributed by atoms with E-state index in [-0.39, 0.29) is 55.9 Å². The Morgan fingerprint density at radius 3 is 1.48 bits per heavy atom. The highest BCUT2D eigenvalue weighted by atomic mass is 35.5. The van der Waals surface area contributed by atoms with E-state index < -0.39 is 31.4 Å². The molecule has 0 aliphatic rings. The zero-order valence-corrected chi connectivity index (χ0v) is 53.0. The molecule has 0 radical (unpaired) electrons. The van der Waals surface area contributed by atoms with Crippen LogP contribution in [-0.2, 0) is 19.7 Å². The Morgan fingerprint density at radius 1 is 0.575 bits per heavy atom. The van der Waals surface area contributed by atoms with Gasteiger partial charge in [0.1, 0.15) is 11.5 Å². The van der Waals surface area contributed by atoms with Gasteiger partial charge < -0.3 is 21.7 Å². The average Bonchev–Trinajstić information content (AvgIpc) is 3.79. The number of nitrogens with zero attached hydrogens (tertiary/aromatic N) is 9. The molecule has 0 saturated heterocycles. The van der Waals surface area contributed by atoms with E-state index in [1.807, 2.05) is 58.9 Å². The summed E-state index contributed by atoms with van der Waals surface area (Å²) in [6, 6.07) is 24.1. The van der Waals surface area contributed by atoms with Crippen LogP contribution in [0.15, 0.2) is 138 Å². The fourth-order valence-corrected chi connectivity index (χ4v) is 11.6. The molecule has 21 nitrogen and oxygen atoms in total. The van der Waals surface area contributed by atoms with E-state index >= 15 is 0 Å². The van der Waals surface area contributed by atoms with Gasteiger partial charge in [0.05, 0.1) is 92.6 Å². The number of hydrogen-bond donors (Lipinski definition) is 4. The lowest BCUT2D eigenvalue weighted by molar-refractivity contribution is 0.0925. The molecule has 5 N–H and O–H groups in total. The number of nitrogens with one attached hydrogen (secondary N) is 3. The highest BCUT2D eigenvalue weighted by Crippen LogP contribution is 2.29. The number of rotatable bonds is 19. The molecule has 9 aromatic rings. The molecule has 1 unspecified atom stereocenters. The van der Waals surface area contributed by atoms with E-state index in [1.165, 1.54) is 60.1 Å². The number of pyridine rings is 2. The van der Waals surface area contributed by atoms with Gasteiger partial charge in [-0.2, -0.15) is 15.3 Å². The van der Waals surface area contributed by atoms with Crippen LogP contribution < -0.4 is 21.7 Å². The molecule has 0 spiro atoms. The van der Waals surface area contributed by atoms with Gasteiger partial charge in [-0.1, -0.05) is 68.1 Å². The molecule has 28 heteroatoms. The van der Waals surface area contributed by atoms with Gasteiger partial charge >= 0.3 is 0 Å². The molecule has 0 aliphatic carbocycles. The minimum absolute atomic E-state index is 0.00411. The third-order valence-corrected chi connectivity index (χ3v) is 18.1. The number of aromatic nitrogens is 9. The fraction of sp³-hybridized carbons (Fsp3) is 0.254. The molecule has 0 fully saturated rings. The zero-order chi connectivity index (χ0) is 63.5. The zero-order valence-electron chi connectivity index (χ0n) is 48.3. The summed E-state index contributed by atoms with van der Waals surface area (Å²) in [5, 5.41) is 23.0. The van der Waals surface area contributed by atoms with Crippen molar-refractivity contribution in [2.24, 2.45) is 5.73 Å². The summed E-state index contributed by atoms with van der Waals surface area (Å²) in [6.45, 7) is 11.2. The number of thiazole rings is 1. The van der Waals surface area contributed by atoms with Crippen molar-refractivity contribution < 1.29 is 40.4 Å². The Labute approximate surface area is 521 Å². The van der Waals surface area contributed by atoms with Gasteiger partial charge in [-0.25, -0.2) is 45.2 Å². The van der Waals surface area contributed by atoms with Crippen LogP contribution in [0.5, 0.6) is 0 Å². The smallest absolute Gasteiger partial charge is 0.267 e. The maximum atomic E-state index is 13.8. The standard InChI is InChI=1S/C21H22ClFN4O3S.C20H20ClN5O2.C18H19ClN4O3S2/c1-4-5-19(14-6-9-20(24-11-14)31(3,29)30)26-21(28)16-12-25-27(13(16)2)15-7-8-17(22)18(23)10-15;1-3-17(13-8-9-23-18(10-13)19(22)27)25-20(28)16-11-24-26(12(16)2)15-6-4-14(21)5-7-15;1-4-15(16-10-20-18(27-16)28(3,25)26)22-17(24)14-9-21-23(11(14)2)13-7-5-12(19)6-8-13/h6-12,19H,4-5H2,1-3H3,(H,26,28);4-11,17H,3H2,1-2H3,(H2,22,27)(H,25,28);5-10,15H,4H2,1-3H3,(H,22,24)/t;17-;15-/m.00/s1. The van der Waals surface area contributed by atoms with Crippen molar-refractivity contribution in [3.63, 3.8) is 0 Å². The number of primary amides is 1. The van der Waals surface area contributed by atoms with Crippen molar-refractivity contribution in [3.05, 3.63) is 205 Å². The van der Waals surface area contributed by atoms with Gasteiger partial charge in [0.15, 0.2) is 14.9 Å². The van der Waals surface area contributed by atoms with E-state index in [2.05, 4.69) is 46.2 Å². The van der Waals surface area contributed by atoms with E-state index in [0.29, 0.717) is 79.2 Å². The second-order valence-electron chi connectivity index (χ2n) is 19.7. The highest BCUT2D eigenvalue weighted by Gasteiger charge is 2.25. The summed E-state index contributed by atoms with van der Waals surface area (Å²) in [7, 11) is -6.77. The number of sulfone groups is 2. The first-order chi connectivity index (χ1) is 41.2. The van der Waals surface area contributed by atoms with Crippen LogP contribution >= 0.6 is 46.1 Å². The van der Waals surface area contributed by atoms with Crippen LogP contribution in [0.25, 0.3) is 17.1 Å². The second-order valence-corrected chi connectivity index (χ2v) is 26.2. The molecule has 4 amide bonds. The third kappa shape index (κ3) is 16.7. The Hall–Kier alpha value is -8.20. The molecule has 6 aromatic heterocycles. The Kier molecular flexibility index (Phi) is 22.1. The number of amides is 4. The van der Waals surface area contributed by atoms with Crippen molar-refractivity contribution in [2.75, 3.05) is 12.5 Å². The summed E-state index contributed by atoms with van der Waals surface area (Å²) in [4.78, 5) is 62.5. The van der Waals surface area contributed by atoms with E-state index in [4.69, 9.17) is 40.5 Å². The molecule has 456 valence electrons. The van der Waals surface area contributed by atoms with Gasteiger partial charge in [-0.15, -0.1) is 11.3 Å². The van der Waals surface area contributed by atoms with Crippen molar-refractivity contribution in [1.29, 1.82) is 0 Å². The molecule has 0 aliphatic heterocycles. The molecule has 0 saturated carbocycles. The topological polar surface area (TPSA) is 291 Å². The molecular weight excluding hydrogens is 1240 g/mol. The number of carbonyl (C=O) groups is 4. The average molecular weight is 1300 g/mol. The number of hydrogen-bond acceptors (Lipinski definition) is 15. The fourth-order valence-electron chi connectivity index (χ4n) is 8.79. The monoisotopic (exact) mass is 1300 g/mol. The Bertz CT molecular complexity index is 4180. The first-order valence-corrected chi connectivity index (χ1v) is 32.6. The predicted molar refractivity (Wildman–Crippen MR) is 331 cm³/mol. The van der Waals surface area contributed by atoms with Crippen molar-refractivity contribution in [2.45, 2.75) is 94.7 Å². The lowest BCUT2D eigenvalue weighted by Gasteiger charge is -2.18. The van der Waals surface area contributed by atoms with Gasteiger partial charge in [0.2, 0.25) is 14.2 Å². The molecule has 0 bridgehead atoms. The number of nitrogens with two attached hydrogens (primary N) is 1. The van der Waals surface area contributed by atoms with Crippen LogP contribution in [0.2, 0.25) is 15.1 Å². The third-order valence-electron chi connectivity index (χ3n) is 13.5. The van der Waals surface area contributed by atoms with E-state index in [9.17, 15) is 40.4 Å². The molecule has 3 aromatic carbocycles. The molecular formula is C59H61Cl3FN13O8S3. The summed E-state index contributed by atoms with van der Waals surface area (Å²) in [5.41, 5.74) is 12.2. The summed E-state index contributed by atoms with van der Waals surface area (Å²) < 4.78 is 65.2. The first-order valence-electron chi connectivity index (χ1n) is 26.8. The molecule has 6 heterocycles. The second kappa shape index (κ2) is 29.0. The summed E-state index contributed by atoms with van der Waals surface area (Å²) >= 11 is 18.7. The van der Waals surface area contributed by atoms with Crippen LogP contribution in [0.1, 0.15) is 139 Å². The van der Waals surface area contributed by atoms with Gasteiger partial charge in [0, 0.05) is 52.1 Å². The Balaban J connectivity index is 0.000000187. The van der Waals surface area contributed by atoms with Gasteiger partial charge in [-0.05, 0) is 130 Å². The maximum Gasteiger partial charge on any atom is 0.267 e. The summed E-state index contributed by atoms with van der Waals surface area (Å²) in [6.07, 6.45) is 13.8. The maximum absolute atomic E-state index is 13.8. The molecule has 9 rings (SSSR count). The predicted octanol–water partition coefficient (Wildman–Crippen LogP) is 10.8. The first kappa shape index (κ1) is 66.3. The minimum atomic E-state index is -3.40. The van der Waals surface area contributed by atoms with Crippen LogP contribution in [-0.4, -0.2) is 97.3 Å². The van der Waals surface area contributed by atoms with Crippen LogP contribution in [0.3, 0.4) is 0 Å². The van der Waals surface area contributed by atoms with Gasteiger partial charge in [-0.3, -0.25) is 24.2 Å². The number of carbonyl (C=O) groups excluding carboxylic acids is 4. The van der Waals surface area contributed by atoms with E-state index in [1.54, 1.807) is 64.8 Å².